The van der Waals surface area contributed by atoms with Crippen molar-refractivity contribution >= 4 is 5.97 Å². The summed E-state index contributed by atoms with van der Waals surface area (Å²) in [5.74, 6) is -0.0878. The first-order valence-electron chi connectivity index (χ1n) is 5.50. The number of aromatic carboxylic acids is 1. The maximum absolute atomic E-state index is 11.1. The standard InChI is InChI=1S/C13H18O4/c1-5-13(2,3)17-11-8-9(16-4)6-7-10(11)12(14)15/h6-8H,5H2,1-4H3,(H,14,15). The number of methoxy groups -OCH3 is 1. The first-order valence-corrected chi connectivity index (χ1v) is 5.50. The van der Waals surface area contributed by atoms with Gasteiger partial charge in [0.1, 0.15) is 22.7 Å². The molecule has 0 atom stereocenters. The molecule has 1 N–H and O–H groups in total. The summed E-state index contributed by atoms with van der Waals surface area (Å²) in [4.78, 5) is 11.1. The molecule has 0 aliphatic heterocycles. The summed E-state index contributed by atoms with van der Waals surface area (Å²) in [6, 6.07) is 4.69. The molecule has 0 saturated carbocycles. The van der Waals surface area contributed by atoms with Gasteiger partial charge in [-0.05, 0) is 32.4 Å². The summed E-state index contributed by atoms with van der Waals surface area (Å²) in [6.07, 6.45) is 0.781. The van der Waals surface area contributed by atoms with Crippen molar-refractivity contribution in [2.24, 2.45) is 0 Å². The van der Waals surface area contributed by atoms with E-state index < -0.39 is 11.6 Å². The normalized spacial score (nSPS) is 11.1. The van der Waals surface area contributed by atoms with E-state index in [1.807, 2.05) is 20.8 Å². The molecule has 1 rings (SSSR count). The van der Waals surface area contributed by atoms with E-state index in [1.165, 1.54) is 13.2 Å². The van der Waals surface area contributed by atoms with Crippen LogP contribution in [0.4, 0.5) is 0 Å². The average molecular weight is 238 g/mol. The summed E-state index contributed by atoms with van der Waals surface area (Å²) in [6.45, 7) is 5.82. The summed E-state index contributed by atoms with van der Waals surface area (Å²) < 4.78 is 10.8. The van der Waals surface area contributed by atoms with Gasteiger partial charge in [0.15, 0.2) is 0 Å². The van der Waals surface area contributed by atoms with Crippen LogP contribution in [0.1, 0.15) is 37.6 Å². The van der Waals surface area contributed by atoms with Gasteiger partial charge in [-0.3, -0.25) is 0 Å². The molecule has 4 heteroatoms. The van der Waals surface area contributed by atoms with Gasteiger partial charge < -0.3 is 14.6 Å². The number of rotatable bonds is 5. The Morgan fingerprint density at radius 1 is 1.41 bits per heavy atom. The van der Waals surface area contributed by atoms with Gasteiger partial charge in [-0.1, -0.05) is 6.92 Å². The highest BCUT2D eigenvalue weighted by atomic mass is 16.5. The number of hydrogen-bond donors (Lipinski definition) is 1. The first-order chi connectivity index (χ1) is 7.89. The minimum absolute atomic E-state index is 0.146. The smallest absolute Gasteiger partial charge is 0.339 e. The molecule has 0 saturated heterocycles. The van der Waals surface area contributed by atoms with E-state index in [1.54, 1.807) is 12.1 Å². The zero-order valence-electron chi connectivity index (χ0n) is 10.6. The van der Waals surface area contributed by atoms with E-state index >= 15 is 0 Å². The van der Waals surface area contributed by atoms with Gasteiger partial charge in [-0.2, -0.15) is 0 Å². The van der Waals surface area contributed by atoms with Gasteiger partial charge in [-0.25, -0.2) is 4.79 Å². The lowest BCUT2D eigenvalue weighted by molar-refractivity contribution is 0.0671. The molecular weight excluding hydrogens is 220 g/mol. The zero-order chi connectivity index (χ0) is 13.1. The second kappa shape index (κ2) is 5.08. The van der Waals surface area contributed by atoms with Crippen LogP contribution in [-0.2, 0) is 0 Å². The van der Waals surface area contributed by atoms with Crippen LogP contribution in [0, 0.1) is 0 Å². The molecule has 0 aliphatic rings. The Labute approximate surface area is 101 Å². The molecule has 0 heterocycles. The molecule has 0 fully saturated rings. The third kappa shape index (κ3) is 3.37. The van der Waals surface area contributed by atoms with E-state index in [9.17, 15) is 4.79 Å². The van der Waals surface area contributed by atoms with Gasteiger partial charge in [-0.15, -0.1) is 0 Å². The van der Waals surface area contributed by atoms with Crippen molar-refractivity contribution in [3.05, 3.63) is 23.8 Å². The van der Waals surface area contributed by atoms with Crippen LogP contribution in [0.5, 0.6) is 11.5 Å². The van der Waals surface area contributed by atoms with Crippen molar-refractivity contribution in [1.82, 2.24) is 0 Å². The summed E-state index contributed by atoms with van der Waals surface area (Å²) in [7, 11) is 1.53. The first kappa shape index (κ1) is 13.4. The highest BCUT2D eigenvalue weighted by molar-refractivity contribution is 5.91. The fraction of sp³-hybridized carbons (Fsp3) is 0.462. The fourth-order valence-corrected chi connectivity index (χ4v) is 1.26. The molecule has 17 heavy (non-hydrogen) atoms. The molecule has 4 nitrogen and oxygen atoms in total. The number of ether oxygens (including phenoxy) is 2. The molecule has 1 aromatic rings. The van der Waals surface area contributed by atoms with E-state index in [0.29, 0.717) is 11.5 Å². The maximum atomic E-state index is 11.1. The van der Waals surface area contributed by atoms with Gasteiger partial charge >= 0.3 is 5.97 Å². The molecular formula is C13H18O4. The summed E-state index contributed by atoms with van der Waals surface area (Å²) >= 11 is 0. The van der Waals surface area contributed by atoms with Crippen molar-refractivity contribution in [1.29, 1.82) is 0 Å². The van der Waals surface area contributed by atoms with Crippen LogP contribution in [0.2, 0.25) is 0 Å². The lowest BCUT2D eigenvalue weighted by atomic mass is 10.1. The minimum Gasteiger partial charge on any atom is -0.497 e. The van der Waals surface area contributed by atoms with Crippen LogP contribution in [-0.4, -0.2) is 23.8 Å². The lowest BCUT2D eigenvalue weighted by Gasteiger charge is -2.26. The van der Waals surface area contributed by atoms with E-state index in [2.05, 4.69) is 0 Å². The Kier molecular flexibility index (Phi) is 3.99. The Balaban J connectivity index is 3.13. The fourth-order valence-electron chi connectivity index (χ4n) is 1.26. The lowest BCUT2D eigenvalue weighted by Crippen LogP contribution is -2.27. The maximum Gasteiger partial charge on any atom is 0.339 e. The van der Waals surface area contributed by atoms with Crippen molar-refractivity contribution in [2.75, 3.05) is 7.11 Å². The molecule has 0 spiro atoms. The summed E-state index contributed by atoms with van der Waals surface area (Å²) in [5.41, 5.74) is -0.261. The van der Waals surface area contributed by atoms with Crippen molar-refractivity contribution in [2.45, 2.75) is 32.8 Å². The molecule has 94 valence electrons. The van der Waals surface area contributed by atoms with Crippen molar-refractivity contribution in [3.63, 3.8) is 0 Å². The second-order valence-electron chi connectivity index (χ2n) is 4.38. The third-order valence-electron chi connectivity index (χ3n) is 2.66. The van der Waals surface area contributed by atoms with E-state index in [-0.39, 0.29) is 5.56 Å². The van der Waals surface area contributed by atoms with Crippen LogP contribution >= 0.6 is 0 Å². The Bertz CT molecular complexity index is 410. The number of carbonyl (C=O) groups is 1. The number of carboxylic acid groups (broad SMARTS) is 1. The van der Waals surface area contributed by atoms with Crippen LogP contribution in [0.3, 0.4) is 0 Å². The topological polar surface area (TPSA) is 55.8 Å². The van der Waals surface area contributed by atoms with Crippen LogP contribution < -0.4 is 9.47 Å². The highest BCUT2D eigenvalue weighted by Crippen LogP contribution is 2.29. The third-order valence-corrected chi connectivity index (χ3v) is 2.66. The Hall–Kier alpha value is -1.71. The van der Waals surface area contributed by atoms with E-state index in [4.69, 9.17) is 14.6 Å². The Morgan fingerprint density at radius 3 is 2.53 bits per heavy atom. The highest BCUT2D eigenvalue weighted by Gasteiger charge is 2.21. The van der Waals surface area contributed by atoms with Crippen molar-refractivity contribution in [3.8, 4) is 11.5 Å². The molecule has 0 aliphatic carbocycles. The monoisotopic (exact) mass is 238 g/mol. The molecule has 0 bridgehead atoms. The largest absolute Gasteiger partial charge is 0.497 e. The molecule has 1 aromatic carbocycles. The van der Waals surface area contributed by atoms with Gasteiger partial charge in [0.25, 0.3) is 0 Å². The predicted molar refractivity (Wildman–Crippen MR) is 65.0 cm³/mol. The number of hydrogen-bond acceptors (Lipinski definition) is 3. The predicted octanol–water partition coefficient (Wildman–Crippen LogP) is 2.96. The van der Waals surface area contributed by atoms with Crippen molar-refractivity contribution < 1.29 is 19.4 Å². The molecule has 0 aromatic heterocycles. The molecule has 0 radical (unpaired) electrons. The quantitative estimate of drug-likeness (QED) is 0.856. The summed E-state index contributed by atoms with van der Waals surface area (Å²) in [5, 5.41) is 9.08. The molecule has 0 amide bonds. The van der Waals surface area contributed by atoms with Crippen LogP contribution in [0.15, 0.2) is 18.2 Å². The zero-order valence-corrected chi connectivity index (χ0v) is 10.6. The average Bonchev–Trinajstić information content (AvgIpc) is 2.28. The second-order valence-corrected chi connectivity index (χ2v) is 4.38. The van der Waals surface area contributed by atoms with Gasteiger partial charge in [0.2, 0.25) is 0 Å². The number of benzene rings is 1. The SMILES string of the molecule is CCC(C)(C)Oc1cc(OC)ccc1C(=O)O. The van der Waals surface area contributed by atoms with Gasteiger partial charge in [0.05, 0.1) is 7.11 Å². The van der Waals surface area contributed by atoms with E-state index in [0.717, 1.165) is 6.42 Å². The van der Waals surface area contributed by atoms with Crippen LogP contribution in [0.25, 0.3) is 0 Å². The molecule has 0 unspecified atom stereocenters. The minimum atomic E-state index is -1.01. The number of carboxylic acids is 1. The Morgan fingerprint density at radius 2 is 2.06 bits per heavy atom. The van der Waals surface area contributed by atoms with Gasteiger partial charge in [0, 0.05) is 6.07 Å².